The minimum absolute atomic E-state index is 0.761. The van der Waals surface area contributed by atoms with Crippen LogP contribution < -0.4 is 5.32 Å². The van der Waals surface area contributed by atoms with Crippen molar-refractivity contribution in [2.75, 3.05) is 18.4 Å². The number of aromatic nitrogens is 2. The molecule has 2 heterocycles. The van der Waals surface area contributed by atoms with E-state index in [0.717, 1.165) is 35.5 Å². The van der Waals surface area contributed by atoms with Gasteiger partial charge in [0.25, 0.3) is 0 Å². The van der Waals surface area contributed by atoms with Gasteiger partial charge >= 0.3 is 0 Å². The first-order valence-electron chi connectivity index (χ1n) is 8.22. The van der Waals surface area contributed by atoms with Gasteiger partial charge in [0, 0.05) is 26.3 Å². The van der Waals surface area contributed by atoms with Crippen LogP contribution in [-0.4, -0.2) is 32.9 Å². The second-order valence-electron chi connectivity index (χ2n) is 6.35. The fourth-order valence-corrected chi connectivity index (χ4v) is 3.50. The number of aryl methyl sites for hydroxylation is 2. The van der Waals surface area contributed by atoms with Crippen molar-refractivity contribution in [3.8, 4) is 0 Å². The van der Waals surface area contributed by atoms with Gasteiger partial charge in [0.2, 0.25) is 0 Å². The topological polar surface area (TPSA) is 33.1 Å². The number of anilines is 1. The number of hydrogen-bond acceptors (Lipinski definition) is 2. The molecule has 0 spiro atoms. The van der Waals surface area contributed by atoms with Gasteiger partial charge in [-0.25, -0.2) is 0 Å². The van der Waals surface area contributed by atoms with Gasteiger partial charge < -0.3 is 10.2 Å². The molecule has 3 rings (SSSR count). The third-order valence-electron chi connectivity index (χ3n) is 4.52. The molecule has 1 aromatic carbocycles. The lowest BCUT2D eigenvalue weighted by Crippen LogP contribution is -2.41. The highest BCUT2D eigenvalue weighted by molar-refractivity contribution is 7.80. The molecule has 0 saturated carbocycles. The Morgan fingerprint density at radius 1 is 1.26 bits per heavy atom. The molecule has 1 aliphatic rings. The minimum atomic E-state index is 0.761. The quantitative estimate of drug-likeness (QED) is 0.876. The number of nitrogens with zero attached hydrogens (tertiary/aromatic N) is 3. The van der Waals surface area contributed by atoms with E-state index < -0.39 is 0 Å². The minimum Gasteiger partial charge on any atom is -0.349 e. The van der Waals surface area contributed by atoms with E-state index in [-0.39, 0.29) is 0 Å². The van der Waals surface area contributed by atoms with Crippen molar-refractivity contribution in [1.82, 2.24) is 14.7 Å². The van der Waals surface area contributed by atoms with Crippen LogP contribution >= 0.6 is 12.2 Å². The second kappa shape index (κ2) is 7.13. The molecular formula is C18H24N4S. The first-order valence-corrected chi connectivity index (χ1v) is 8.63. The fourth-order valence-electron chi connectivity index (χ4n) is 3.20. The molecule has 0 radical (unpaired) electrons. The van der Waals surface area contributed by atoms with Gasteiger partial charge in [-0.15, -0.1) is 0 Å². The molecule has 0 amide bonds. The van der Waals surface area contributed by atoms with E-state index in [1.807, 2.05) is 24.9 Å². The monoisotopic (exact) mass is 328 g/mol. The van der Waals surface area contributed by atoms with Crippen molar-refractivity contribution in [2.45, 2.75) is 26.2 Å². The van der Waals surface area contributed by atoms with E-state index in [9.17, 15) is 0 Å². The number of nitrogens with one attached hydrogen (secondary N) is 1. The van der Waals surface area contributed by atoms with Crippen molar-refractivity contribution in [1.29, 1.82) is 0 Å². The van der Waals surface area contributed by atoms with Crippen LogP contribution in [0.15, 0.2) is 36.5 Å². The van der Waals surface area contributed by atoms with Gasteiger partial charge in [-0.2, -0.15) is 5.10 Å². The van der Waals surface area contributed by atoms with Crippen LogP contribution in [0.5, 0.6) is 0 Å². The maximum absolute atomic E-state index is 5.57. The summed E-state index contributed by atoms with van der Waals surface area (Å²) in [5.74, 6) is 0.761. The molecule has 23 heavy (non-hydrogen) atoms. The van der Waals surface area contributed by atoms with Crippen LogP contribution in [0.1, 0.15) is 24.1 Å². The molecule has 1 fully saturated rings. The van der Waals surface area contributed by atoms with Crippen molar-refractivity contribution in [2.24, 2.45) is 13.0 Å². The summed E-state index contributed by atoms with van der Waals surface area (Å²) in [7, 11) is 1.93. The summed E-state index contributed by atoms with van der Waals surface area (Å²) in [4.78, 5) is 2.28. The lowest BCUT2D eigenvalue weighted by molar-refractivity contribution is 0.268. The Bertz CT molecular complexity index is 657. The maximum atomic E-state index is 5.57. The Hall–Kier alpha value is -1.88. The fraction of sp³-hybridized carbons (Fsp3) is 0.444. The number of likely N-dealkylation sites (tertiary alicyclic amines) is 1. The molecular weight excluding hydrogens is 304 g/mol. The second-order valence-corrected chi connectivity index (χ2v) is 6.74. The molecule has 0 atom stereocenters. The Morgan fingerprint density at radius 2 is 1.96 bits per heavy atom. The maximum Gasteiger partial charge on any atom is 0.173 e. The van der Waals surface area contributed by atoms with Gasteiger partial charge in [-0.3, -0.25) is 4.68 Å². The van der Waals surface area contributed by atoms with Crippen molar-refractivity contribution >= 4 is 23.0 Å². The first-order chi connectivity index (χ1) is 11.1. The molecule has 1 saturated heterocycles. The average molecular weight is 328 g/mol. The van der Waals surface area contributed by atoms with E-state index in [1.165, 1.54) is 24.8 Å². The highest BCUT2D eigenvalue weighted by Gasteiger charge is 2.21. The average Bonchev–Trinajstić information content (AvgIpc) is 2.86. The number of hydrogen-bond donors (Lipinski definition) is 1. The van der Waals surface area contributed by atoms with Gasteiger partial charge in [0.05, 0.1) is 11.4 Å². The van der Waals surface area contributed by atoms with Crippen molar-refractivity contribution < 1.29 is 0 Å². The molecule has 1 N–H and O–H groups in total. The van der Waals surface area contributed by atoms with Gasteiger partial charge in [-0.1, -0.05) is 30.3 Å². The van der Waals surface area contributed by atoms with Crippen LogP contribution in [0.2, 0.25) is 0 Å². The van der Waals surface area contributed by atoms with E-state index in [4.69, 9.17) is 12.2 Å². The summed E-state index contributed by atoms with van der Waals surface area (Å²) in [5.41, 5.74) is 3.43. The predicted molar refractivity (Wildman–Crippen MR) is 98.6 cm³/mol. The molecule has 0 unspecified atom stereocenters. The Kier molecular flexibility index (Phi) is 4.96. The van der Waals surface area contributed by atoms with Crippen LogP contribution in [-0.2, 0) is 13.5 Å². The zero-order valence-electron chi connectivity index (χ0n) is 13.8. The van der Waals surface area contributed by atoms with Crippen molar-refractivity contribution in [3.63, 3.8) is 0 Å². The van der Waals surface area contributed by atoms with E-state index >= 15 is 0 Å². The third kappa shape index (κ3) is 4.10. The van der Waals surface area contributed by atoms with E-state index in [0.29, 0.717) is 0 Å². The lowest BCUT2D eigenvalue weighted by atomic mass is 9.90. The number of thiocarbonyl (C=S) groups is 1. The summed E-state index contributed by atoms with van der Waals surface area (Å²) < 4.78 is 1.81. The molecule has 0 bridgehead atoms. The third-order valence-corrected chi connectivity index (χ3v) is 4.88. The van der Waals surface area contributed by atoms with Crippen LogP contribution in [0.4, 0.5) is 5.69 Å². The SMILES string of the molecule is Cc1nn(C)cc1NC(=S)N1CCC(Cc2ccccc2)CC1. The Morgan fingerprint density at radius 3 is 2.57 bits per heavy atom. The van der Waals surface area contributed by atoms with Crippen LogP contribution in [0.25, 0.3) is 0 Å². The molecule has 2 aromatic rings. The number of piperidine rings is 1. The Balaban J connectivity index is 1.50. The molecule has 1 aromatic heterocycles. The molecule has 1 aliphatic heterocycles. The summed E-state index contributed by atoms with van der Waals surface area (Å²) in [6, 6.07) is 10.8. The van der Waals surface area contributed by atoms with Gasteiger partial charge in [-0.05, 0) is 49.9 Å². The number of rotatable bonds is 3. The number of benzene rings is 1. The normalized spacial score (nSPS) is 15.7. The van der Waals surface area contributed by atoms with Crippen LogP contribution in [0.3, 0.4) is 0 Å². The van der Waals surface area contributed by atoms with E-state index in [2.05, 4.69) is 45.6 Å². The molecule has 122 valence electrons. The lowest BCUT2D eigenvalue weighted by Gasteiger charge is -2.33. The first kappa shape index (κ1) is 16.0. The van der Waals surface area contributed by atoms with E-state index in [1.54, 1.807) is 0 Å². The zero-order valence-corrected chi connectivity index (χ0v) is 14.6. The smallest absolute Gasteiger partial charge is 0.173 e. The van der Waals surface area contributed by atoms with Crippen LogP contribution in [0, 0.1) is 12.8 Å². The Labute approximate surface area is 143 Å². The molecule has 0 aliphatic carbocycles. The molecule has 4 nitrogen and oxygen atoms in total. The molecule has 5 heteroatoms. The summed E-state index contributed by atoms with van der Waals surface area (Å²) in [6.07, 6.45) is 5.55. The summed E-state index contributed by atoms with van der Waals surface area (Å²) >= 11 is 5.57. The summed E-state index contributed by atoms with van der Waals surface area (Å²) in [5, 5.41) is 8.50. The standard InChI is InChI=1S/C18H24N4S/c1-14-17(13-21(2)20-14)19-18(23)22-10-8-16(9-11-22)12-15-6-4-3-5-7-15/h3-7,13,16H,8-12H2,1-2H3,(H,19,23). The van der Waals surface area contributed by atoms with Gasteiger partial charge in [0.15, 0.2) is 5.11 Å². The largest absolute Gasteiger partial charge is 0.349 e. The highest BCUT2D eigenvalue weighted by atomic mass is 32.1. The highest BCUT2D eigenvalue weighted by Crippen LogP contribution is 2.22. The predicted octanol–water partition coefficient (Wildman–Crippen LogP) is 3.38. The van der Waals surface area contributed by atoms with Gasteiger partial charge in [0.1, 0.15) is 0 Å². The summed E-state index contributed by atoms with van der Waals surface area (Å²) in [6.45, 7) is 4.06. The zero-order chi connectivity index (χ0) is 16.2. The van der Waals surface area contributed by atoms with Crippen molar-refractivity contribution in [3.05, 3.63) is 47.8 Å².